The van der Waals surface area contributed by atoms with E-state index in [9.17, 15) is 0 Å². The fraction of sp³-hybridized carbons (Fsp3) is 0.462. The molecule has 0 aromatic heterocycles. The molecule has 0 spiro atoms. The van der Waals surface area contributed by atoms with Gasteiger partial charge in [0.25, 0.3) is 5.95 Å². The highest BCUT2D eigenvalue weighted by molar-refractivity contribution is 5.44. The lowest BCUT2D eigenvalue weighted by Crippen LogP contribution is -1.78. The Kier molecular flexibility index (Phi) is 14.3. The first kappa shape index (κ1) is 16.9. The minimum Gasteiger partial charge on any atom is -0.481 e. The highest BCUT2D eigenvalue weighted by Crippen LogP contribution is 2.07. The molecular formula is C13H22O3. The van der Waals surface area contributed by atoms with Gasteiger partial charge in [-0.05, 0) is 19.8 Å². The second-order valence-electron chi connectivity index (χ2n) is 3.24. The van der Waals surface area contributed by atoms with Crippen molar-refractivity contribution in [2.45, 2.75) is 39.5 Å². The number of hydrogen-bond acceptors (Lipinski definition) is 3. The predicted octanol–water partition coefficient (Wildman–Crippen LogP) is 3.84. The molecule has 16 heavy (non-hydrogen) atoms. The van der Waals surface area contributed by atoms with Crippen molar-refractivity contribution in [3.63, 3.8) is 0 Å². The summed E-state index contributed by atoms with van der Waals surface area (Å²) in [5.41, 5.74) is 1.02. The van der Waals surface area contributed by atoms with Crippen LogP contribution < -0.4 is 0 Å². The van der Waals surface area contributed by atoms with E-state index in [1.165, 1.54) is 25.8 Å². The van der Waals surface area contributed by atoms with Crippen molar-refractivity contribution in [2.75, 3.05) is 0 Å². The van der Waals surface area contributed by atoms with Gasteiger partial charge in [0.1, 0.15) is 6.29 Å². The average molecular weight is 226 g/mol. The van der Waals surface area contributed by atoms with Gasteiger partial charge in [-0.15, -0.1) is 0 Å². The topological polar surface area (TPSA) is 57.5 Å². The van der Waals surface area contributed by atoms with Gasteiger partial charge in [0, 0.05) is 6.08 Å². The minimum atomic E-state index is -0.669. The van der Waals surface area contributed by atoms with E-state index in [0.29, 0.717) is 0 Å². The summed E-state index contributed by atoms with van der Waals surface area (Å²) in [4.78, 5) is 8.81. The highest BCUT2D eigenvalue weighted by atomic mass is 16.5. The molecule has 0 aromatic carbocycles. The molecular weight excluding hydrogens is 204 g/mol. The van der Waals surface area contributed by atoms with Gasteiger partial charge in [0.05, 0.1) is 0 Å². The number of aliphatic hydroxyl groups is 2. The van der Waals surface area contributed by atoms with Crippen LogP contribution in [0.4, 0.5) is 0 Å². The van der Waals surface area contributed by atoms with E-state index >= 15 is 0 Å². The molecule has 0 saturated heterocycles. The van der Waals surface area contributed by atoms with Crippen molar-refractivity contribution in [3.8, 4) is 0 Å². The van der Waals surface area contributed by atoms with Crippen molar-refractivity contribution in [1.82, 2.24) is 0 Å². The third kappa shape index (κ3) is 18.3. The number of aliphatic hydroxyl groups excluding tert-OH is 1. The molecule has 0 aromatic rings. The predicted molar refractivity (Wildman–Crippen MR) is 67.5 cm³/mol. The largest absolute Gasteiger partial charge is 0.481 e. The lowest BCUT2D eigenvalue weighted by atomic mass is 10.1. The molecule has 92 valence electrons. The fourth-order valence-electron chi connectivity index (χ4n) is 0.956. The van der Waals surface area contributed by atoms with Crippen LogP contribution >= 0.6 is 0 Å². The first-order valence-electron chi connectivity index (χ1n) is 5.42. The molecule has 0 aliphatic carbocycles. The molecule has 0 aliphatic rings. The molecule has 0 bridgehead atoms. The van der Waals surface area contributed by atoms with Crippen molar-refractivity contribution < 1.29 is 15.0 Å². The Morgan fingerprint density at radius 1 is 1.31 bits per heavy atom. The summed E-state index contributed by atoms with van der Waals surface area (Å²) in [6.07, 6.45) is 9.90. The number of carbonyl (C=O) groups excluding carboxylic acids is 1. The van der Waals surface area contributed by atoms with Gasteiger partial charge in [-0.2, -0.15) is 0 Å². The summed E-state index contributed by atoms with van der Waals surface area (Å²) in [5.74, 6) is -0.669. The SMILES string of the molecule is C=C(/C=C\C=C(O)O)CCCCC.CC=O. The molecule has 0 aliphatic heterocycles. The van der Waals surface area contributed by atoms with Crippen LogP contribution in [0.1, 0.15) is 39.5 Å². The third-order valence-electron chi connectivity index (χ3n) is 1.68. The summed E-state index contributed by atoms with van der Waals surface area (Å²) in [7, 11) is 0. The summed E-state index contributed by atoms with van der Waals surface area (Å²) in [6, 6.07) is 0. The molecule has 0 unspecified atom stereocenters. The molecule has 3 nitrogen and oxygen atoms in total. The minimum absolute atomic E-state index is 0.669. The van der Waals surface area contributed by atoms with Crippen LogP contribution in [0.2, 0.25) is 0 Å². The Morgan fingerprint density at radius 3 is 2.31 bits per heavy atom. The summed E-state index contributed by atoms with van der Waals surface area (Å²) >= 11 is 0. The lowest BCUT2D eigenvalue weighted by molar-refractivity contribution is -0.106. The molecule has 3 heteroatoms. The van der Waals surface area contributed by atoms with Gasteiger partial charge >= 0.3 is 0 Å². The Bertz CT molecular complexity index is 236. The van der Waals surface area contributed by atoms with Gasteiger partial charge in [0.2, 0.25) is 0 Å². The van der Waals surface area contributed by atoms with E-state index in [1.54, 1.807) is 12.2 Å². The van der Waals surface area contributed by atoms with Crippen LogP contribution in [0.3, 0.4) is 0 Å². The molecule has 0 heterocycles. The van der Waals surface area contributed by atoms with E-state index in [4.69, 9.17) is 15.0 Å². The van der Waals surface area contributed by atoms with E-state index in [2.05, 4.69) is 13.5 Å². The van der Waals surface area contributed by atoms with Gasteiger partial charge in [0.15, 0.2) is 0 Å². The van der Waals surface area contributed by atoms with Crippen LogP contribution in [0, 0.1) is 0 Å². The molecule has 0 amide bonds. The molecule has 0 fully saturated rings. The highest BCUT2D eigenvalue weighted by Gasteiger charge is 1.88. The fourth-order valence-corrected chi connectivity index (χ4v) is 0.956. The second-order valence-corrected chi connectivity index (χ2v) is 3.24. The van der Waals surface area contributed by atoms with Crippen molar-refractivity contribution in [2.24, 2.45) is 0 Å². The number of aldehydes is 1. The smallest absolute Gasteiger partial charge is 0.274 e. The first-order chi connectivity index (χ1) is 7.58. The number of unbranched alkanes of at least 4 members (excludes halogenated alkanes) is 2. The average Bonchev–Trinajstić information content (AvgIpc) is 2.18. The van der Waals surface area contributed by atoms with Gasteiger partial charge in [-0.3, -0.25) is 0 Å². The van der Waals surface area contributed by atoms with Crippen LogP contribution in [0.25, 0.3) is 0 Å². The zero-order chi connectivity index (χ0) is 12.8. The zero-order valence-electron chi connectivity index (χ0n) is 10.1. The van der Waals surface area contributed by atoms with E-state index in [-0.39, 0.29) is 0 Å². The standard InChI is InChI=1S/C11H18O2.C2H4O/c1-3-4-5-7-10(2)8-6-9-11(12)13;1-2-3/h6,8-9,12-13H,2-5,7H2,1H3;2H,1H3/b8-6-;. The lowest BCUT2D eigenvalue weighted by Gasteiger charge is -1.97. The number of allylic oxidation sites excluding steroid dienone is 4. The van der Waals surface area contributed by atoms with Gasteiger partial charge < -0.3 is 15.0 Å². The van der Waals surface area contributed by atoms with Crippen LogP contribution in [0.5, 0.6) is 0 Å². The van der Waals surface area contributed by atoms with E-state index < -0.39 is 5.95 Å². The quantitative estimate of drug-likeness (QED) is 0.313. The van der Waals surface area contributed by atoms with E-state index in [0.717, 1.165) is 24.7 Å². The molecule has 2 N–H and O–H groups in total. The van der Waals surface area contributed by atoms with Crippen molar-refractivity contribution in [1.29, 1.82) is 0 Å². The van der Waals surface area contributed by atoms with Crippen LogP contribution in [0.15, 0.2) is 36.3 Å². The van der Waals surface area contributed by atoms with Gasteiger partial charge in [-0.1, -0.05) is 44.1 Å². The number of rotatable bonds is 6. The Morgan fingerprint density at radius 2 is 1.88 bits per heavy atom. The Balaban J connectivity index is 0. The zero-order valence-corrected chi connectivity index (χ0v) is 10.1. The Hall–Kier alpha value is -1.51. The summed E-state index contributed by atoms with van der Waals surface area (Å²) in [5, 5.41) is 16.8. The maximum absolute atomic E-state index is 8.81. The number of carbonyl (C=O) groups is 1. The van der Waals surface area contributed by atoms with Crippen LogP contribution in [-0.2, 0) is 4.79 Å². The van der Waals surface area contributed by atoms with Crippen LogP contribution in [-0.4, -0.2) is 16.5 Å². The molecule has 0 radical (unpaired) electrons. The molecule has 0 rings (SSSR count). The monoisotopic (exact) mass is 226 g/mol. The van der Waals surface area contributed by atoms with Crippen molar-refractivity contribution in [3.05, 3.63) is 36.3 Å². The normalized spacial score (nSPS) is 9.12. The maximum atomic E-state index is 8.81. The molecule has 0 atom stereocenters. The van der Waals surface area contributed by atoms with Gasteiger partial charge in [-0.25, -0.2) is 0 Å². The summed E-state index contributed by atoms with van der Waals surface area (Å²) < 4.78 is 0. The summed E-state index contributed by atoms with van der Waals surface area (Å²) in [6.45, 7) is 7.45. The van der Waals surface area contributed by atoms with E-state index in [1.807, 2.05) is 0 Å². The number of hydrogen-bond donors (Lipinski definition) is 2. The second kappa shape index (κ2) is 13.5. The first-order valence-corrected chi connectivity index (χ1v) is 5.42. The molecule has 0 saturated carbocycles. The maximum Gasteiger partial charge on any atom is 0.274 e. The third-order valence-corrected chi connectivity index (χ3v) is 1.68. The van der Waals surface area contributed by atoms with Crippen molar-refractivity contribution >= 4 is 6.29 Å². The Labute approximate surface area is 97.8 Å².